The lowest BCUT2D eigenvalue weighted by molar-refractivity contribution is -0.507. The van der Waals surface area contributed by atoms with Crippen molar-refractivity contribution in [3.05, 3.63) is 46.7 Å². The van der Waals surface area contributed by atoms with Gasteiger partial charge in [0.05, 0.1) is 11.8 Å². The van der Waals surface area contributed by atoms with E-state index < -0.39 is 35.2 Å². The molecule has 1 aromatic carbocycles. The van der Waals surface area contributed by atoms with Crippen LogP contribution in [0.15, 0.2) is 29.5 Å². The molecular formula is C25H36F2N5O3+. The van der Waals surface area contributed by atoms with E-state index in [4.69, 9.17) is 5.41 Å². The van der Waals surface area contributed by atoms with Gasteiger partial charge in [-0.3, -0.25) is 15.5 Å². The fourth-order valence-electron chi connectivity index (χ4n) is 4.40. The molecule has 0 radical (unpaired) electrons. The Kier molecular flexibility index (Phi) is 8.40. The molecule has 8 nitrogen and oxygen atoms in total. The van der Waals surface area contributed by atoms with Gasteiger partial charge in [0.15, 0.2) is 11.6 Å². The van der Waals surface area contributed by atoms with E-state index in [0.717, 1.165) is 12.1 Å². The summed E-state index contributed by atoms with van der Waals surface area (Å²) in [5.41, 5.74) is 0.916. The minimum Gasteiger partial charge on any atom is -0.393 e. The summed E-state index contributed by atoms with van der Waals surface area (Å²) in [6.45, 7) is 7.59. The van der Waals surface area contributed by atoms with Gasteiger partial charge in [0, 0.05) is 43.7 Å². The van der Waals surface area contributed by atoms with Gasteiger partial charge in [-0.25, -0.2) is 18.9 Å². The summed E-state index contributed by atoms with van der Waals surface area (Å²) in [4.78, 5) is 30.0. The summed E-state index contributed by atoms with van der Waals surface area (Å²) in [5.74, 6) is -2.20. The molecule has 0 bridgehead atoms. The number of amides is 3. The first-order chi connectivity index (χ1) is 16.4. The number of aliphatic hydroxyl groups excluding tert-OH is 1. The lowest BCUT2D eigenvalue weighted by Gasteiger charge is -2.37. The summed E-state index contributed by atoms with van der Waals surface area (Å²) in [6, 6.07) is 2.12. The number of hydrogen-bond acceptors (Lipinski definition) is 5. The van der Waals surface area contributed by atoms with E-state index in [0.29, 0.717) is 56.7 Å². The molecule has 192 valence electrons. The SMILES string of the molecule is CN1CCC([NH2+]C(=O)N[C@H](C(=O)N2CCC(O)CC2)C(C)(C)C)=C(C(=N)c2ccc(F)c(F)c2)C1. The molecule has 5 N–H and O–H groups in total. The maximum absolute atomic E-state index is 13.8. The average Bonchev–Trinajstić information content (AvgIpc) is 2.79. The highest BCUT2D eigenvalue weighted by molar-refractivity contribution is 6.11. The van der Waals surface area contributed by atoms with Crippen LogP contribution in [0.25, 0.3) is 0 Å². The van der Waals surface area contributed by atoms with Crippen molar-refractivity contribution in [1.29, 1.82) is 5.41 Å². The van der Waals surface area contributed by atoms with E-state index >= 15 is 0 Å². The van der Waals surface area contributed by atoms with Crippen molar-refractivity contribution in [2.75, 3.05) is 33.2 Å². The highest BCUT2D eigenvalue weighted by Crippen LogP contribution is 2.23. The second kappa shape index (κ2) is 10.9. The number of urea groups is 1. The first-order valence-electron chi connectivity index (χ1n) is 11.9. The number of aliphatic hydroxyl groups is 1. The number of carbonyl (C=O) groups is 2. The Balaban J connectivity index is 1.79. The summed E-state index contributed by atoms with van der Waals surface area (Å²) >= 11 is 0. The number of carbonyl (C=O) groups excluding carboxylic acids is 2. The molecule has 0 unspecified atom stereocenters. The third-order valence-electron chi connectivity index (χ3n) is 6.57. The third-order valence-corrected chi connectivity index (χ3v) is 6.57. The molecule has 1 fully saturated rings. The van der Waals surface area contributed by atoms with Crippen molar-refractivity contribution in [2.45, 2.75) is 52.2 Å². The molecule has 0 aromatic heterocycles. The monoisotopic (exact) mass is 492 g/mol. The normalized spacial score (nSPS) is 19.0. The maximum atomic E-state index is 13.8. The van der Waals surface area contributed by atoms with Crippen molar-refractivity contribution in [2.24, 2.45) is 5.41 Å². The molecule has 3 rings (SSSR count). The van der Waals surface area contributed by atoms with Gasteiger partial charge in [-0.2, -0.15) is 0 Å². The Labute approximate surface area is 204 Å². The van der Waals surface area contributed by atoms with E-state index in [-0.39, 0.29) is 17.2 Å². The Hall–Kier alpha value is -2.69. The van der Waals surface area contributed by atoms with Gasteiger partial charge in [-0.05, 0) is 43.5 Å². The number of quaternary nitrogens is 1. The van der Waals surface area contributed by atoms with Crippen LogP contribution in [0.4, 0.5) is 13.6 Å². The summed E-state index contributed by atoms with van der Waals surface area (Å²) in [5, 5.41) is 22.6. The minimum absolute atomic E-state index is 0.0322. The summed E-state index contributed by atoms with van der Waals surface area (Å²) < 4.78 is 27.2. The zero-order chi connectivity index (χ0) is 25.9. The molecule has 2 aliphatic heterocycles. The van der Waals surface area contributed by atoms with Crippen molar-refractivity contribution >= 4 is 17.6 Å². The highest BCUT2D eigenvalue weighted by Gasteiger charge is 2.38. The van der Waals surface area contributed by atoms with E-state index in [1.54, 1.807) is 4.90 Å². The number of primary amides is 1. The van der Waals surface area contributed by atoms with Gasteiger partial charge in [0.1, 0.15) is 11.7 Å². The summed E-state index contributed by atoms with van der Waals surface area (Å²) in [6.07, 6.45) is 1.12. The van der Waals surface area contributed by atoms with E-state index in [1.807, 2.05) is 32.7 Å². The van der Waals surface area contributed by atoms with Crippen LogP contribution in [0.5, 0.6) is 0 Å². The number of piperidine rings is 1. The molecule has 10 heteroatoms. The zero-order valence-corrected chi connectivity index (χ0v) is 20.8. The van der Waals surface area contributed by atoms with E-state index in [1.165, 1.54) is 11.4 Å². The van der Waals surface area contributed by atoms with Gasteiger partial charge >= 0.3 is 6.03 Å². The molecule has 1 saturated heterocycles. The van der Waals surface area contributed by atoms with Crippen LogP contribution in [0.1, 0.15) is 45.6 Å². The van der Waals surface area contributed by atoms with Crippen LogP contribution in [-0.4, -0.2) is 77.9 Å². The molecular weight excluding hydrogens is 456 g/mol. The Bertz CT molecular complexity index is 1010. The first-order valence-corrected chi connectivity index (χ1v) is 11.9. The molecule has 0 spiro atoms. The highest BCUT2D eigenvalue weighted by atomic mass is 19.2. The predicted molar refractivity (Wildman–Crippen MR) is 128 cm³/mol. The number of likely N-dealkylation sites (tertiary alicyclic amines) is 1. The summed E-state index contributed by atoms with van der Waals surface area (Å²) in [7, 11) is 1.89. The van der Waals surface area contributed by atoms with Crippen LogP contribution in [-0.2, 0) is 4.79 Å². The van der Waals surface area contributed by atoms with Crippen molar-refractivity contribution in [3.63, 3.8) is 0 Å². The largest absolute Gasteiger partial charge is 0.418 e. The van der Waals surface area contributed by atoms with E-state index in [9.17, 15) is 23.5 Å². The number of hydrogen-bond donors (Lipinski definition) is 4. The first kappa shape index (κ1) is 26.9. The van der Waals surface area contributed by atoms with Crippen LogP contribution >= 0.6 is 0 Å². The second-order valence-electron chi connectivity index (χ2n) is 10.5. The van der Waals surface area contributed by atoms with E-state index in [2.05, 4.69) is 5.32 Å². The van der Waals surface area contributed by atoms with Crippen molar-refractivity contribution in [1.82, 2.24) is 15.1 Å². The topological polar surface area (TPSA) is 113 Å². The number of likely N-dealkylation sites (N-methyl/N-ethyl adjacent to an activating group) is 1. The van der Waals surface area contributed by atoms with Crippen LogP contribution < -0.4 is 10.6 Å². The van der Waals surface area contributed by atoms with Gasteiger partial charge < -0.3 is 14.9 Å². The number of halogens is 2. The standard InChI is InChI=1S/C25H35F2N5O3/c1-25(2,3)22(23(34)32-11-7-16(33)8-12-32)30-24(35)29-20-9-10-31(4)14-17(20)21(28)15-5-6-18(26)19(27)13-15/h5-6,13,16,22,28,33H,7-12,14H2,1-4H3,(H2,29,30,35)/p+1/t22-/m1/s1. The predicted octanol–water partition coefficient (Wildman–Crippen LogP) is 1.59. The molecule has 2 heterocycles. The number of nitrogens with two attached hydrogens (primary N) is 1. The van der Waals surface area contributed by atoms with Crippen LogP contribution in [0, 0.1) is 22.5 Å². The quantitative estimate of drug-likeness (QED) is 0.468. The number of nitrogens with one attached hydrogen (secondary N) is 2. The van der Waals surface area contributed by atoms with Crippen LogP contribution in [0.2, 0.25) is 0 Å². The van der Waals surface area contributed by atoms with Crippen molar-refractivity contribution < 1.29 is 28.8 Å². The van der Waals surface area contributed by atoms with Crippen LogP contribution in [0.3, 0.4) is 0 Å². The second-order valence-corrected chi connectivity index (χ2v) is 10.5. The molecule has 2 aliphatic rings. The lowest BCUT2D eigenvalue weighted by atomic mass is 9.85. The number of benzene rings is 1. The Morgan fingerprint density at radius 1 is 1.17 bits per heavy atom. The molecule has 0 aliphatic carbocycles. The molecule has 1 atom stereocenters. The number of nitrogens with zero attached hydrogens (tertiary/aromatic N) is 2. The zero-order valence-electron chi connectivity index (χ0n) is 20.8. The maximum Gasteiger partial charge on any atom is 0.418 e. The third kappa shape index (κ3) is 6.71. The van der Waals surface area contributed by atoms with Gasteiger partial charge in [-0.1, -0.05) is 20.8 Å². The average molecular weight is 493 g/mol. The van der Waals surface area contributed by atoms with Crippen molar-refractivity contribution in [3.8, 4) is 0 Å². The lowest BCUT2D eigenvalue weighted by Crippen LogP contribution is -2.90. The van der Waals surface area contributed by atoms with Gasteiger partial charge in [0.2, 0.25) is 5.91 Å². The molecule has 1 aromatic rings. The Morgan fingerprint density at radius 3 is 2.43 bits per heavy atom. The van der Waals surface area contributed by atoms with Gasteiger partial charge in [0.25, 0.3) is 0 Å². The molecule has 3 amide bonds. The number of rotatable bonds is 5. The fourth-order valence-corrected chi connectivity index (χ4v) is 4.40. The molecule has 0 saturated carbocycles. The molecule has 35 heavy (non-hydrogen) atoms. The van der Waals surface area contributed by atoms with Gasteiger partial charge in [-0.15, -0.1) is 0 Å². The minimum atomic E-state index is -1.03. The fraction of sp³-hybridized carbons (Fsp3) is 0.560. The Morgan fingerprint density at radius 2 is 1.83 bits per heavy atom. The smallest absolute Gasteiger partial charge is 0.393 e.